The molecule has 0 aliphatic heterocycles. The molecule has 1 atom stereocenters. The fourth-order valence-electron chi connectivity index (χ4n) is 1.66. The third-order valence-corrected chi connectivity index (χ3v) is 2.77. The van der Waals surface area contributed by atoms with Crippen molar-refractivity contribution in [2.45, 2.75) is 19.9 Å². The number of hydrogen-bond donors (Lipinski definition) is 2. The normalized spacial score (nSPS) is 12.9. The highest BCUT2D eigenvalue weighted by atomic mass is 16.5. The SMILES string of the molecule is COC(=O)[C@@H](NC(=O)C(=NO)c1ccccc1)C(C)C. The molecule has 20 heavy (non-hydrogen) atoms. The molecule has 6 heteroatoms. The number of methoxy groups -OCH3 is 1. The smallest absolute Gasteiger partial charge is 0.328 e. The van der Waals surface area contributed by atoms with E-state index < -0.39 is 17.9 Å². The second kappa shape index (κ2) is 7.28. The lowest BCUT2D eigenvalue weighted by molar-refractivity contribution is -0.145. The van der Waals surface area contributed by atoms with Crippen LogP contribution in [0.25, 0.3) is 0 Å². The minimum absolute atomic E-state index is 0.151. The van der Waals surface area contributed by atoms with E-state index in [0.717, 1.165) is 0 Å². The largest absolute Gasteiger partial charge is 0.467 e. The van der Waals surface area contributed by atoms with E-state index in [1.807, 2.05) is 0 Å². The Morgan fingerprint density at radius 3 is 2.30 bits per heavy atom. The maximum Gasteiger partial charge on any atom is 0.328 e. The van der Waals surface area contributed by atoms with Crippen molar-refractivity contribution in [3.05, 3.63) is 35.9 Å². The van der Waals surface area contributed by atoms with Crippen LogP contribution in [0.3, 0.4) is 0 Å². The van der Waals surface area contributed by atoms with Gasteiger partial charge in [-0.25, -0.2) is 4.79 Å². The third kappa shape index (κ3) is 3.81. The van der Waals surface area contributed by atoms with E-state index in [9.17, 15) is 9.59 Å². The van der Waals surface area contributed by atoms with E-state index in [4.69, 9.17) is 5.21 Å². The molecule has 1 aromatic rings. The number of oxime groups is 1. The van der Waals surface area contributed by atoms with Gasteiger partial charge in [0.15, 0.2) is 5.71 Å². The molecule has 0 radical (unpaired) electrons. The van der Waals surface area contributed by atoms with Gasteiger partial charge in [-0.15, -0.1) is 0 Å². The minimum atomic E-state index is -0.798. The average Bonchev–Trinajstić information content (AvgIpc) is 2.45. The van der Waals surface area contributed by atoms with Crippen LogP contribution in [-0.4, -0.2) is 35.9 Å². The van der Waals surface area contributed by atoms with Gasteiger partial charge < -0.3 is 15.3 Å². The number of hydrogen-bond acceptors (Lipinski definition) is 5. The molecule has 0 bridgehead atoms. The van der Waals surface area contributed by atoms with E-state index >= 15 is 0 Å². The summed E-state index contributed by atoms with van der Waals surface area (Å²) in [6.45, 7) is 3.56. The second-order valence-corrected chi connectivity index (χ2v) is 4.53. The van der Waals surface area contributed by atoms with Gasteiger partial charge in [0.2, 0.25) is 0 Å². The number of ether oxygens (including phenoxy) is 1. The summed E-state index contributed by atoms with van der Waals surface area (Å²) >= 11 is 0. The van der Waals surface area contributed by atoms with E-state index in [0.29, 0.717) is 5.56 Å². The lowest BCUT2D eigenvalue weighted by atomic mass is 10.0. The number of benzene rings is 1. The molecule has 0 unspecified atom stereocenters. The second-order valence-electron chi connectivity index (χ2n) is 4.53. The summed E-state index contributed by atoms with van der Waals surface area (Å²) in [6.07, 6.45) is 0. The summed E-state index contributed by atoms with van der Waals surface area (Å²) in [5, 5.41) is 14.5. The Kier molecular flexibility index (Phi) is 5.71. The molecule has 6 nitrogen and oxygen atoms in total. The van der Waals surface area contributed by atoms with Crippen molar-refractivity contribution < 1.29 is 19.5 Å². The molecule has 108 valence electrons. The molecule has 0 aromatic heterocycles. The van der Waals surface area contributed by atoms with Gasteiger partial charge in [0.1, 0.15) is 6.04 Å². The van der Waals surface area contributed by atoms with Crippen LogP contribution in [0.15, 0.2) is 35.5 Å². The van der Waals surface area contributed by atoms with Gasteiger partial charge in [-0.05, 0) is 5.92 Å². The van der Waals surface area contributed by atoms with Crippen LogP contribution < -0.4 is 5.32 Å². The van der Waals surface area contributed by atoms with Crippen LogP contribution in [0.5, 0.6) is 0 Å². The lowest BCUT2D eigenvalue weighted by Gasteiger charge is -2.19. The molecule has 1 aromatic carbocycles. The molecule has 0 heterocycles. The highest BCUT2D eigenvalue weighted by Gasteiger charge is 2.27. The molecule has 1 amide bonds. The van der Waals surface area contributed by atoms with Crippen LogP contribution in [0.1, 0.15) is 19.4 Å². The lowest BCUT2D eigenvalue weighted by Crippen LogP contribution is -2.47. The first-order valence-electron chi connectivity index (χ1n) is 6.17. The van der Waals surface area contributed by atoms with E-state index in [2.05, 4.69) is 15.2 Å². The van der Waals surface area contributed by atoms with Gasteiger partial charge in [-0.2, -0.15) is 0 Å². The van der Waals surface area contributed by atoms with Gasteiger partial charge in [-0.3, -0.25) is 4.79 Å². The van der Waals surface area contributed by atoms with Crippen molar-refractivity contribution in [2.24, 2.45) is 11.1 Å². The molecule has 0 spiro atoms. The zero-order valence-corrected chi connectivity index (χ0v) is 11.7. The van der Waals surface area contributed by atoms with E-state index in [-0.39, 0.29) is 11.6 Å². The summed E-state index contributed by atoms with van der Waals surface area (Å²) < 4.78 is 4.64. The fourth-order valence-corrected chi connectivity index (χ4v) is 1.66. The highest BCUT2D eigenvalue weighted by Crippen LogP contribution is 2.06. The first kappa shape index (κ1) is 15.7. The Balaban J connectivity index is 2.91. The topological polar surface area (TPSA) is 88.0 Å². The van der Waals surface area contributed by atoms with Crippen LogP contribution in [0.2, 0.25) is 0 Å². The number of carbonyl (C=O) groups is 2. The van der Waals surface area contributed by atoms with Crippen molar-refractivity contribution >= 4 is 17.6 Å². The maximum absolute atomic E-state index is 12.1. The molecule has 0 fully saturated rings. The van der Waals surface area contributed by atoms with Crippen molar-refractivity contribution in [3.63, 3.8) is 0 Å². The highest BCUT2D eigenvalue weighted by molar-refractivity contribution is 6.45. The van der Waals surface area contributed by atoms with Crippen LogP contribution >= 0.6 is 0 Å². The third-order valence-electron chi connectivity index (χ3n) is 2.77. The standard InChI is InChI=1S/C14H18N2O4/c1-9(2)11(14(18)20-3)15-13(17)12(16-19)10-7-5-4-6-8-10/h4-9,11,19H,1-3H3,(H,15,17)/t11-/m0/s1. The Morgan fingerprint density at radius 2 is 1.85 bits per heavy atom. The number of carbonyl (C=O) groups excluding carboxylic acids is 2. The molecular weight excluding hydrogens is 260 g/mol. The predicted octanol–water partition coefficient (Wildman–Crippen LogP) is 1.18. The molecule has 0 aliphatic carbocycles. The Labute approximate surface area is 117 Å². The average molecular weight is 278 g/mol. The number of rotatable bonds is 5. The summed E-state index contributed by atoms with van der Waals surface area (Å²) in [5.74, 6) is -1.33. The van der Waals surface area contributed by atoms with Gasteiger partial charge in [0.05, 0.1) is 7.11 Å². The molecule has 2 N–H and O–H groups in total. The zero-order chi connectivity index (χ0) is 15.1. The van der Waals surface area contributed by atoms with Gasteiger partial charge in [-0.1, -0.05) is 49.3 Å². The van der Waals surface area contributed by atoms with E-state index in [1.165, 1.54) is 7.11 Å². The zero-order valence-electron chi connectivity index (χ0n) is 11.7. The minimum Gasteiger partial charge on any atom is -0.467 e. The molecular formula is C14H18N2O4. The van der Waals surface area contributed by atoms with Crippen molar-refractivity contribution in [1.29, 1.82) is 0 Å². The quantitative estimate of drug-likeness (QED) is 0.366. The molecule has 1 rings (SSSR count). The van der Waals surface area contributed by atoms with Crippen LogP contribution in [-0.2, 0) is 14.3 Å². The van der Waals surface area contributed by atoms with Crippen molar-refractivity contribution in [3.8, 4) is 0 Å². The maximum atomic E-state index is 12.1. The first-order valence-corrected chi connectivity index (χ1v) is 6.17. The molecule has 0 aliphatic rings. The molecule has 0 saturated heterocycles. The van der Waals surface area contributed by atoms with Crippen molar-refractivity contribution in [2.75, 3.05) is 7.11 Å². The van der Waals surface area contributed by atoms with Gasteiger partial charge >= 0.3 is 5.97 Å². The Hall–Kier alpha value is -2.37. The monoisotopic (exact) mass is 278 g/mol. The number of nitrogens with one attached hydrogen (secondary N) is 1. The summed E-state index contributed by atoms with van der Waals surface area (Å²) in [7, 11) is 1.25. The van der Waals surface area contributed by atoms with Gasteiger partial charge in [0, 0.05) is 5.56 Å². The molecule has 0 saturated carbocycles. The fraction of sp³-hybridized carbons (Fsp3) is 0.357. The summed E-state index contributed by atoms with van der Waals surface area (Å²) in [4.78, 5) is 23.7. The first-order chi connectivity index (χ1) is 9.51. The number of nitrogens with zero attached hydrogens (tertiary/aromatic N) is 1. The van der Waals surface area contributed by atoms with Crippen LogP contribution in [0, 0.1) is 5.92 Å². The number of esters is 1. The summed E-state index contributed by atoms with van der Waals surface area (Å²) in [5.41, 5.74) is 0.306. The Bertz CT molecular complexity index is 497. The number of amides is 1. The van der Waals surface area contributed by atoms with Crippen LogP contribution in [0.4, 0.5) is 0 Å². The van der Waals surface area contributed by atoms with E-state index in [1.54, 1.807) is 44.2 Å². The predicted molar refractivity (Wildman–Crippen MR) is 73.6 cm³/mol. The van der Waals surface area contributed by atoms with Gasteiger partial charge in [0.25, 0.3) is 5.91 Å². The summed E-state index contributed by atoms with van der Waals surface area (Å²) in [6, 6.07) is 7.69. The Morgan fingerprint density at radius 1 is 1.25 bits per heavy atom. The van der Waals surface area contributed by atoms with Crippen molar-refractivity contribution in [1.82, 2.24) is 5.32 Å².